The fourth-order valence-corrected chi connectivity index (χ4v) is 5.10. The van der Waals surface area contributed by atoms with Gasteiger partial charge in [-0.05, 0) is 55.0 Å². The topological polar surface area (TPSA) is 69.7 Å². The predicted molar refractivity (Wildman–Crippen MR) is 145 cm³/mol. The third kappa shape index (κ3) is 5.20. The third-order valence-corrected chi connectivity index (χ3v) is 7.23. The number of halogens is 2. The summed E-state index contributed by atoms with van der Waals surface area (Å²) in [5.74, 6) is -0.387. The Bertz CT molecular complexity index is 1310. The zero-order valence-electron chi connectivity index (χ0n) is 20.4. The van der Waals surface area contributed by atoms with Crippen molar-refractivity contribution in [1.82, 2.24) is 10.2 Å². The smallest absolute Gasteiger partial charge is 0.258 e. The number of likely N-dealkylation sites (N-methyl/N-ethyl adjacent to an activating group) is 1. The number of hydrogen-bond donors (Lipinski definition) is 1. The van der Waals surface area contributed by atoms with E-state index < -0.39 is 6.04 Å². The summed E-state index contributed by atoms with van der Waals surface area (Å²) in [6, 6.07) is 16.2. The van der Waals surface area contributed by atoms with Gasteiger partial charge in [-0.25, -0.2) is 0 Å². The van der Waals surface area contributed by atoms with Crippen LogP contribution in [-0.2, 0) is 16.1 Å². The minimum Gasteiger partial charge on any atom is -0.355 e. The molecule has 1 aliphatic rings. The van der Waals surface area contributed by atoms with Gasteiger partial charge in [-0.15, -0.1) is 0 Å². The molecule has 0 spiro atoms. The largest absolute Gasteiger partial charge is 0.355 e. The van der Waals surface area contributed by atoms with Crippen LogP contribution in [0.2, 0.25) is 10.0 Å². The van der Waals surface area contributed by atoms with Crippen molar-refractivity contribution in [2.24, 2.45) is 0 Å². The van der Waals surface area contributed by atoms with Gasteiger partial charge in [0.05, 0.1) is 15.7 Å². The van der Waals surface area contributed by atoms with Gasteiger partial charge in [0.1, 0.15) is 6.04 Å². The minimum absolute atomic E-state index is 0.0457. The van der Waals surface area contributed by atoms with E-state index in [9.17, 15) is 14.4 Å². The summed E-state index contributed by atoms with van der Waals surface area (Å²) in [4.78, 5) is 42.6. The van der Waals surface area contributed by atoms with E-state index in [0.717, 1.165) is 22.0 Å². The number of carbonyl (C=O) groups is 3. The van der Waals surface area contributed by atoms with E-state index >= 15 is 0 Å². The molecule has 0 fully saturated rings. The number of benzene rings is 3. The minimum atomic E-state index is -0.613. The average molecular weight is 526 g/mol. The van der Waals surface area contributed by atoms with Crippen LogP contribution in [0.5, 0.6) is 0 Å². The molecule has 36 heavy (non-hydrogen) atoms. The van der Waals surface area contributed by atoms with E-state index in [2.05, 4.69) is 5.32 Å². The standard InChI is InChI=1S/C28H29Cl2N3O3/c1-3-23(27(35)31-4-2)33(17-18-13-14-21(29)22(30)16-18)25(34)12-7-15-32-24-11-6-9-19-8-5-10-20(26(19)24)28(32)36/h5-6,8-11,13-14,16,23H,3-4,7,12,15,17H2,1-2H3,(H,31,35)/t23-/m0/s1. The van der Waals surface area contributed by atoms with Crippen molar-refractivity contribution in [3.05, 3.63) is 75.8 Å². The van der Waals surface area contributed by atoms with E-state index in [1.807, 2.05) is 50.2 Å². The van der Waals surface area contributed by atoms with Crippen molar-refractivity contribution in [3.63, 3.8) is 0 Å². The fraction of sp³-hybridized carbons (Fsp3) is 0.321. The van der Waals surface area contributed by atoms with Crippen LogP contribution in [0.15, 0.2) is 54.6 Å². The maximum Gasteiger partial charge on any atom is 0.258 e. The van der Waals surface area contributed by atoms with E-state index in [1.54, 1.807) is 28.0 Å². The second kappa shape index (κ2) is 11.3. The summed E-state index contributed by atoms with van der Waals surface area (Å²) in [6.07, 6.45) is 1.15. The maximum absolute atomic E-state index is 13.5. The van der Waals surface area contributed by atoms with E-state index in [-0.39, 0.29) is 30.7 Å². The lowest BCUT2D eigenvalue weighted by Crippen LogP contribution is -2.49. The van der Waals surface area contributed by atoms with Crippen molar-refractivity contribution in [3.8, 4) is 0 Å². The van der Waals surface area contributed by atoms with E-state index in [1.165, 1.54) is 0 Å². The van der Waals surface area contributed by atoms with Gasteiger partial charge in [-0.1, -0.05) is 60.5 Å². The summed E-state index contributed by atoms with van der Waals surface area (Å²) >= 11 is 12.2. The van der Waals surface area contributed by atoms with Crippen molar-refractivity contribution < 1.29 is 14.4 Å². The molecular formula is C28H29Cl2N3O3. The van der Waals surface area contributed by atoms with Crippen LogP contribution in [0.3, 0.4) is 0 Å². The number of nitrogens with one attached hydrogen (secondary N) is 1. The summed E-state index contributed by atoms with van der Waals surface area (Å²) in [5, 5.41) is 5.64. The molecule has 6 nitrogen and oxygen atoms in total. The molecule has 0 saturated heterocycles. The molecule has 0 bridgehead atoms. The molecule has 3 amide bonds. The number of hydrogen-bond acceptors (Lipinski definition) is 3. The van der Waals surface area contributed by atoms with Gasteiger partial charge in [0.2, 0.25) is 11.8 Å². The van der Waals surface area contributed by atoms with Crippen LogP contribution < -0.4 is 10.2 Å². The molecule has 188 valence electrons. The summed E-state index contributed by atoms with van der Waals surface area (Å²) < 4.78 is 0. The van der Waals surface area contributed by atoms with Crippen LogP contribution >= 0.6 is 23.2 Å². The Morgan fingerprint density at radius 1 is 1.03 bits per heavy atom. The number of amides is 3. The molecule has 8 heteroatoms. The molecule has 0 aromatic heterocycles. The zero-order chi connectivity index (χ0) is 25.8. The number of anilines is 1. The molecular weight excluding hydrogens is 497 g/mol. The fourth-order valence-electron chi connectivity index (χ4n) is 4.78. The molecule has 0 radical (unpaired) electrons. The molecule has 3 aromatic rings. The van der Waals surface area contributed by atoms with Gasteiger partial charge >= 0.3 is 0 Å². The van der Waals surface area contributed by atoms with Gasteiger partial charge in [0.15, 0.2) is 0 Å². The molecule has 0 unspecified atom stereocenters. The van der Waals surface area contributed by atoms with E-state index in [4.69, 9.17) is 23.2 Å². The average Bonchev–Trinajstić information content (AvgIpc) is 3.14. The number of nitrogens with zero attached hydrogens (tertiary/aromatic N) is 2. The van der Waals surface area contributed by atoms with Crippen molar-refractivity contribution in [1.29, 1.82) is 0 Å². The first-order valence-corrected chi connectivity index (χ1v) is 13.0. The van der Waals surface area contributed by atoms with E-state index in [0.29, 0.717) is 41.5 Å². The molecule has 3 aromatic carbocycles. The summed E-state index contributed by atoms with van der Waals surface area (Å²) in [6.45, 7) is 4.86. The van der Waals surface area contributed by atoms with Crippen LogP contribution in [0.25, 0.3) is 10.8 Å². The van der Waals surface area contributed by atoms with Crippen LogP contribution in [0.4, 0.5) is 5.69 Å². The van der Waals surface area contributed by atoms with Crippen LogP contribution in [-0.4, -0.2) is 41.8 Å². The molecule has 1 N–H and O–H groups in total. The van der Waals surface area contributed by atoms with Gasteiger partial charge in [-0.3, -0.25) is 14.4 Å². The molecule has 1 aliphatic heterocycles. The van der Waals surface area contributed by atoms with Gasteiger partial charge < -0.3 is 15.1 Å². The highest BCUT2D eigenvalue weighted by atomic mass is 35.5. The Labute approximate surface area is 221 Å². The lowest BCUT2D eigenvalue weighted by Gasteiger charge is -2.31. The van der Waals surface area contributed by atoms with Gasteiger partial charge in [0, 0.05) is 37.0 Å². The first kappa shape index (κ1) is 26.0. The second-order valence-corrected chi connectivity index (χ2v) is 9.64. The zero-order valence-corrected chi connectivity index (χ0v) is 21.9. The Hall–Kier alpha value is -3.09. The lowest BCUT2D eigenvalue weighted by atomic mass is 10.1. The first-order valence-electron chi connectivity index (χ1n) is 12.2. The number of rotatable bonds is 10. The molecule has 4 rings (SSSR count). The van der Waals surface area contributed by atoms with Crippen LogP contribution in [0.1, 0.15) is 49.0 Å². The van der Waals surface area contributed by atoms with Gasteiger partial charge in [0.25, 0.3) is 5.91 Å². The molecule has 1 heterocycles. The quantitative estimate of drug-likeness (QED) is 0.362. The highest BCUT2D eigenvalue weighted by molar-refractivity contribution is 6.42. The Balaban J connectivity index is 1.49. The summed E-state index contributed by atoms with van der Waals surface area (Å²) in [7, 11) is 0. The SMILES string of the molecule is CCNC(=O)[C@H](CC)N(Cc1ccc(Cl)c(Cl)c1)C(=O)CCCN1C(=O)c2cccc3cccc1c23. The monoisotopic (exact) mass is 525 g/mol. The highest BCUT2D eigenvalue weighted by Gasteiger charge is 2.31. The van der Waals surface area contributed by atoms with Crippen molar-refractivity contribution in [2.75, 3.05) is 18.0 Å². The second-order valence-electron chi connectivity index (χ2n) is 8.83. The van der Waals surface area contributed by atoms with Crippen molar-refractivity contribution >= 4 is 57.4 Å². The highest BCUT2D eigenvalue weighted by Crippen LogP contribution is 2.37. The van der Waals surface area contributed by atoms with Crippen molar-refractivity contribution in [2.45, 2.75) is 45.7 Å². The third-order valence-electron chi connectivity index (χ3n) is 6.50. The Morgan fingerprint density at radius 2 is 1.78 bits per heavy atom. The van der Waals surface area contributed by atoms with Crippen LogP contribution in [0, 0.1) is 0 Å². The lowest BCUT2D eigenvalue weighted by molar-refractivity contribution is -0.141. The Morgan fingerprint density at radius 3 is 2.47 bits per heavy atom. The predicted octanol–water partition coefficient (Wildman–Crippen LogP) is 5.83. The normalized spacial score (nSPS) is 13.2. The first-order chi connectivity index (χ1) is 17.3. The molecule has 0 saturated carbocycles. The summed E-state index contributed by atoms with van der Waals surface area (Å²) in [5.41, 5.74) is 2.36. The number of carbonyl (C=O) groups excluding carboxylic acids is 3. The molecule has 0 aliphatic carbocycles. The molecule has 1 atom stereocenters. The van der Waals surface area contributed by atoms with Gasteiger partial charge in [-0.2, -0.15) is 0 Å². The maximum atomic E-state index is 13.5. The Kier molecular flexibility index (Phi) is 8.17.